The van der Waals surface area contributed by atoms with Crippen LogP contribution >= 0.6 is 0 Å². The van der Waals surface area contributed by atoms with E-state index in [1.54, 1.807) is 0 Å². The van der Waals surface area contributed by atoms with Crippen LogP contribution in [-0.4, -0.2) is 13.1 Å². The molecule has 10 heavy (non-hydrogen) atoms. The number of carbonyl (C=O) groups is 1. The zero-order valence-corrected chi connectivity index (χ0v) is 6.94. The van der Waals surface area contributed by atoms with Gasteiger partial charge in [-0.05, 0) is 20.3 Å². The van der Waals surface area contributed by atoms with Crippen LogP contribution in [0.3, 0.4) is 0 Å². The molecule has 0 aromatic heterocycles. The van der Waals surface area contributed by atoms with Crippen molar-refractivity contribution < 1.29 is 9.53 Å². The van der Waals surface area contributed by atoms with Gasteiger partial charge < -0.3 is 4.74 Å². The highest BCUT2D eigenvalue weighted by molar-refractivity contribution is 5.75. The molecule has 0 atom stereocenters. The van der Waals surface area contributed by atoms with Gasteiger partial charge in [-0.15, -0.1) is 0 Å². The molecular weight excluding hydrogens is 128 g/mol. The fourth-order valence-electron chi connectivity index (χ4n) is 0.820. The maximum Gasteiger partial charge on any atom is 0.311 e. The topological polar surface area (TPSA) is 26.3 Å². The molecule has 0 saturated carbocycles. The lowest BCUT2D eigenvalue weighted by molar-refractivity contribution is -0.151. The van der Waals surface area contributed by atoms with Crippen molar-refractivity contribution in [3.05, 3.63) is 6.92 Å². The van der Waals surface area contributed by atoms with Crippen molar-refractivity contribution in [1.29, 1.82) is 0 Å². The van der Waals surface area contributed by atoms with Gasteiger partial charge in [0.05, 0.1) is 12.5 Å². The Balaban J connectivity index is 3.96. The molecule has 0 unspecified atom stereocenters. The number of ether oxygens (including phenoxy) is 1. The quantitative estimate of drug-likeness (QED) is 0.563. The lowest BCUT2D eigenvalue weighted by Crippen LogP contribution is -2.25. The van der Waals surface area contributed by atoms with E-state index in [1.165, 1.54) is 7.11 Å². The molecule has 0 aromatic rings. The fourth-order valence-corrected chi connectivity index (χ4v) is 0.820. The predicted molar refractivity (Wildman–Crippen MR) is 40.4 cm³/mol. The minimum Gasteiger partial charge on any atom is -0.469 e. The third-order valence-electron chi connectivity index (χ3n) is 1.54. The van der Waals surface area contributed by atoms with E-state index >= 15 is 0 Å². The van der Waals surface area contributed by atoms with E-state index in [-0.39, 0.29) is 11.4 Å². The number of hydrogen-bond acceptors (Lipinski definition) is 2. The van der Waals surface area contributed by atoms with Crippen molar-refractivity contribution in [2.45, 2.75) is 26.7 Å². The van der Waals surface area contributed by atoms with E-state index in [4.69, 9.17) is 0 Å². The Morgan fingerprint density at radius 2 is 2.10 bits per heavy atom. The maximum absolute atomic E-state index is 11.0. The summed E-state index contributed by atoms with van der Waals surface area (Å²) in [5.74, 6) is -0.156. The average molecular weight is 143 g/mol. The van der Waals surface area contributed by atoms with Gasteiger partial charge in [-0.1, -0.05) is 13.3 Å². The lowest BCUT2D eigenvalue weighted by atomic mass is 9.88. The lowest BCUT2D eigenvalue weighted by Gasteiger charge is -2.19. The first kappa shape index (κ1) is 9.47. The maximum atomic E-state index is 11.0. The minimum absolute atomic E-state index is 0.156. The highest BCUT2D eigenvalue weighted by atomic mass is 16.5. The summed E-state index contributed by atoms with van der Waals surface area (Å²) >= 11 is 0. The van der Waals surface area contributed by atoms with Gasteiger partial charge in [-0.2, -0.15) is 0 Å². The highest BCUT2D eigenvalue weighted by Gasteiger charge is 2.26. The van der Waals surface area contributed by atoms with Crippen LogP contribution in [0.1, 0.15) is 26.7 Å². The van der Waals surface area contributed by atoms with E-state index < -0.39 is 0 Å². The number of esters is 1. The van der Waals surface area contributed by atoms with Gasteiger partial charge in [0.15, 0.2) is 0 Å². The SMILES string of the molecule is [CH2]CCC(C)(C)C(=O)OC. The summed E-state index contributed by atoms with van der Waals surface area (Å²) in [6, 6.07) is 0. The molecule has 0 heterocycles. The van der Waals surface area contributed by atoms with Crippen molar-refractivity contribution in [3.63, 3.8) is 0 Å². The first-order valence-corrected chi connectivity index (χ1v) is 3.42. The molecule has 0 bridgehead atoms. The summed E-state index contributed by atoms with van der Waals surface area (Å²) in [7, 11) is 1.41. The predicted octanol–water partition coefficient (Wildman–Crippen LogP) is 1.80. The van der Waals surface area contributed by atoms with Gasteiger partial charge in [0, 0.05) is 0 Å². The number of rotatable bonds is 3. The van der Waals surface area contributed by atoms with Crippen molar-refractivity contribution in [2.24, 2.45) is 5.41 Å². The number of carbonyl (C=O) groups excluding carboxylic acids is 1. The Labute approximate surface area is 62.6 Å². The van der Waals surface area contributed by atoms with Crippen LogP contribution in [-0.2, 0) is 9.53 Å². The highest BCUT2D eigenvalue weighted by Crippen LogP contribution is 2.22. The molecule has 0 aliphatic carbocycles. The van der Waals surface area contributed by atoms with E-state index in [2.05, 4.69) is 11.7 Å². The Morgan fingerprint density at radius 3 is 2.40 bits per heavy atom. The third kappa shape index (κ3) is 2.38. The Morgan fingerprint density at radius 1 is 1.60 bits per heavy atom. The van der Waals surface area contributed by atoms with E-state index in [9.17, 15) is 4.79 Å². The van der Waals surface area contributed by atoms with Crippen LogP contribution in [0.4, 0.5) is 0 Å². The molecule has 0 N–H and O–H groups in total. The normalized spacial score (nSPS) is 11.2. The molecule has 2 nitrogen and oxygen atoms in total. The number of methoxy groups -OCH3 is 1. The minimum atomic E-state index is -0.365. The molecule has 59 valence electrons. The zero-order valence-electron chi connectivity index (χ0n) is 6.94. The average Bonchev–Trinajstić information content (AvgIpc) is 1.86. The van der Waals surface area contributed by atoms with E-state index in [0.29, 0.717) is 0 Å². The molecule has 0 saturated heterocycles. The van der Waals surface area contributed by atoms with Crippen LogP contribution in [0.15, 0.2) is 0 Å². The van der Waals surface area contributed by atoms with E-state index in [1.807, 2.05) is 13.8 Å². The third-order valence-corrected chi connectivity index (χ3v) is 1.54. The smallest absolute Gasteiger partial charge is 0.311 e. The Kier molecular flexibility index (Phi) is 3.40. The van der Waals surface area contributed by atoms with Crippen LogP contribution < -0.4 is 0 Å². The summed E-state index contributed by atoms with van der Waals surface area (Å²) in [5, 5.41) is 0. The second-order valence-electron chi connectivity index (χ2n) is 2.98. The molecule has 0 aliphatic rings. The Bertz CT molecular complexity index is 116. The summed E-state index contributed by atoms with van der Waals surface area (Å²) < 4.78 is 4.60. The molecule has 0 amide bonds. The first-order chi connectivity index (χ1) is 4.54. The van der Waals surface area contributed by atoms with Crippen LogP contribution in [0, 0.1) is 12.3 Å². The van der Waals surface area contributed by atoms with Gasteiger partial charge in [-0.25, -0.2) is 0 Å². The van der Waals surface area contributed by atoms with Gasteiger partial charge in [0.1, 0.15) is 0 Å². The summed E-state index contributed by atoms with van der Waals surface area (Å²) in [4.78, 5) is 11.0. The second-order valence-corrected chi connectivity index (χ2v) is 2.98. The summed E-state index contributed by atoms with van der Waals surface area (Å²) in [6.45, 7) is 7.41. The molecule has 2 heteroatoms. The molecule has 0 aromatic carbocycles. The molecule has 1 radical (unpaired) electrons. The van der Waals surface area contributed by atoms with Gasteiger partial charge in [0.25, 0.3) is 0 Å². The molecule has 0 aliphatic heterocycles. The van der Waals surface area contributed by atoms with Crippen LogP contribution in [0.25, 0.3) is 0 Å². The summed E-state index contributed by atoms with van der Waals surface area (Å²) in [5.41, 5.74) is -0.365. The standard InChI is InChI=1S/C8H15O2/c1-5-6-8(2,3)7(9)10-4/h1,5-6H2,2-4H3. The molecule has 0 fully saturated rings. The monoisotopic (exact) mass is 143 g/mol. The second kappa shape index (κ2) is 3.59. The first-order valence-electron chi connectivity index (χ1n) is 3.42. The van der Waals surface area contributed by atoms with Crippen LogP contribution in [0.5, 0.6) is 0 Å². The summed E-state index contributed by atoms with van der Waals surface area (Å²) in [6.07, 6.45) is 1.54. The molecule has 0 spiro atoms. The Hall–Kier alpha value is -0.530. The van der Waals surface area contributed by atoms with Crippen molar-refractivity contribution in [3.8, 4) is 0 Å². The number of hydrogen-bond donors (Lipinski definition) is 0. The van der Waals surface area contributed by atoms with Gasteiger partial charge in [0.2, 0.25) is 0 Å². The molecular formula is C8H15O2. The molecule has 0 rings (SSSR count). The van der Waals surface area contributed by atoms with Gasteiger partial charge in [-0.3, -0.25) is 4.79 Å². The zero-order chi connectivity index (χ0) is 8.20. The van der Waals surface area contributed by atoms with E-state index in [0.717, 1.165) is 12.8 Å². The van der Waals surface area contributed by atoms with Crippen molar-refractivity contribution in [1.82, 2.24) is 0 Å². The van der Waals surface area contributed by atoms with Gasteiger partial charge >= 0.3 is 5.97 Å². The largest absolute Gasteiger partial charge is 0.469 e. The van der Waals surface area contributed by atoms with Crippen LogP contribution in [0.2, 0.25) is 0 Å². The van der Waals surface area contributed by atoms with Crippen molar-refractivity contribution >= 4 is 5.97 Å². The fraction of sp³-hybridized carbons (Fsp3) is 0.750. The van der Waals surface area contributed by atoms with Crippen molar-refractivity contribution in [2.75, 3.05) is 7.11 Å².